The number of nitrogens with one attached hydrogen (secondary N) is 1. The van der Waals surface area contributed by atoms with Crippen molar-refractivity contribution in [2.45, 2.75) is 51.6 Å². The standard InChI is InChI=1S/C35H33N3O3/c1-22(2)26-7-6-8-28(19-26)35(17-18-35)37-33(39)27-15-16-32-31(20-27)36-23(3)38(32)21-24-11-13-25(14-12-24)29-9-4-5-10-30(29)34(40)41/h4-16,19-20,22H,17-18,21H2,1-3H3,(H,37,39)(H,40,41). The van der Waals surface area contributed by atoms with Gasteiger partial charge in [0.15, 0.2) is 0 Å². The molecule has 6 nitrogen and oxygen atoms in total. The van der Waals surface area contributed by atoms with Crippen LogP contribution in [0.1, 0.15) is 75.8 Å². The SMILES string of the molecule is Cc1nc2cc(C(=O)NC3(c4cccc(C(C)C)c4)CC3)ccc2n1Cc1ccc(-c2ccccc2C(=O)O)cc1. The molecule has 0 bridgehead atoms. The highest BCUT2D eigenvalue weighted by Gasteiger charge is 2.45. The fourth-order valence-corrected chi connectivity index (χ4v) is 5.58. The second-order valence-electron chi connectivity index (χ2n) is 11.3. The van der Waals surface area contributed by atoms with Crippen LogP contribution in [0.25, 0.3) is 22.2 Å². The molecule has 5 aromatic rings. The van der Waals surface area contributed by atoms with E-state index in [9.17, 15) is 14.7 Å². The first-order valence-corrected chi connectivity index (χ1v) is 14.1. The summed E-state index contributed by atoms with van der Waals surface area (Å²) in [6.45, 7) is 6.95. The normalized spacial score (nSPS) is 13.9. The molecule has 0 aliphatic heterocycles. The molecule has 1 aromatic heterocycles. The lowest BCUT2D eigenvalue weighted by Gasteiger charge is -2.20. The molecule has 1 saturated carbocycles. The number of carbonyl (C=O) groups is 2. The Bertz CT molecular complexity index is 1780. The number of carboxylic acids is 1. The lowest BCUT2D eigenvalue weighted by molar-refractivity contribution is 0.0697. The number of rotatable bonds is 8. The third-order valence-electron chi connectivity index (χ3n) is 8.17. The van der Waals surface area contributed by atoms with Crippen LogP contribution in [0, 0.1) is 6.92 Å². The number of fused-ring (bicyclic) bond motifs is 1. The average Bonchev–Trinajstić information content (AvgIpc) is 3.70. The van der Waals surface area contributed by atoms with Crippen molar-refractivity contribution in [1.82, 2.24) is 14.9 Å². The topological polar surface area (TPSA) is 84.2 Å². The van der Waals surface area contributed by atoms with Gasteiger partial charge < -0.3 is 15.0 Å². The van der Waals surface area contributed by atoms with Crippen molar-refractivity contribution < 1.29 is 14.7 Å². The number of hydrogen-bond donors (Lipinski definition) is 2. The molecule has 1 fully saturated rings. The van der Waals surface area contributed by atoms with E-state index in [1.807, 2.05) is 61.5 Å². The second kappa shape index (κ2) is 10.4. The summed E-state index contributed by atoms with van der Waals surface area (Å²) in [6, 6.07) is 29.3. The molecule has 2 N–H and O–H groups in total. The number of imidazole rings is 1. The van der Waals surface area contributed by atoms with Gasteiger partial charge in [0.05, 0.1) is 22.1 Å². The number of aryl methyl sites for hydroxylation is 1. The molecule has 0 atom stereocenters. The van der Waals surface area contributed by atoms with Gasteiger partial charge in [-0.1, -0.05) is 80.6 Å². The number of carbonyl (C=O) groups excluding carboxylic acids is 1. The molecule has 1 amide bonds. The van der Waals surface area contributed by atoms with Crippen LogP contribution >= 0.6 is 0 Å². The molecule has 6 rings (SSSR count). The van der Waals surface area contributed by atoms with Crippen LogP contribution in [0.2, 0.25) is 0 Å². The van der Waals surface area contributed by atoms with E-state index in [2.05, 4.69) is 48.0 Å². The van der Waals surface area contributed by atoms with Gasteiger partial charge in [0.1, 0.15) is 5.82 Å². The van der Waals surface area contributed by atoms with E-state index in [4.69, 9.17) is 4.98 Å². The Morgan fingerprint density at radius 2 is 1.71 bits per heavy atom. The van der Waals surface area contributed by atoms with Gasteiger partial charge in [-0.25, -0.2) is 9.78 Å². The number of amides is 1. The summed E-state index contributed by atoms with van der Waals surface area (Å²) in [6.07, 6.45) is 1.88. The van der Waals surface area contributed by atoms with E-state index in [1.54, 1.807) is 12.1 Å². The van der Waals surface area contributed by atoms with Crippen LogP contribution in [0.15, 0.2) is 91.0 Å². The van der Waals surface area contributed by atoms with E-state index in [0.717, 1.165) is 40.8 Å². The first kappa shape index (κ1) is 26.5. The van der Waals surface area contributed by atoms with Crippen molar-refractivity contribution in [3.05, 3.63) is 125 Å². The van der Waals surface area contributed by atoms with E-state index in [-0.39, 0.29) is 17.0 Å². The fourth-order valence-electron chi connectivity index (χ4n) is 5.58. The predicted molar refractivity (Wildman–Crippen MR) is 161 cm³/mol. The summed E-state index contributed by atoms with van der Waals surface area (Å²) < 4.78 is 2.14. The third kappa shape index (κ3) is 5.13. The highest BCUT2D eigenvalue weighted by atomic mass is 16.4. The van der Waals surface area contributed by atoms with Gasteiger partial charge in [0.2, 0.25) is 0 Å². The maximum absolute atomic E-state index is 13.4. The molecular weight excluding hydrogens is 510 g/mol. The molecule has 6 heteroatoms. The Balaban J connectivity index is 1.21. The van der Waals surface area contributed by atoms with Gasteiger partial charge in [-0.05, 0) is 77.8 Å². The molecule has 4 aromatic carbocycles. The van der Waals surface area contributed by atoms with Gasteiger partial charge >= 0.3 is 5.97 Å². The number of aromatic nitrogens is 2. The molecule has 0 spiro atoms. The predicted octanol–water partition coefficient (Wildman–Crippen LogP) is 7.30. The molecular formula is C35H33N3O3. The lowest BCUT2D eigenvalue weighted by atomic mass is 9.96. The van der Waals surface area contributed by atoms with Crippen LogP contribution in [0.4, 0.5) is 0 Å². The van der Waals surface area contributed by atoms with Crippen molar-refractivity contribution in [3.63, 3.8) is 0 Å². The summed E-state index contributed by atoms with van der Waals surface area (Å²) in [4.78, 5) is 29.8. The van der Waals surface area contributed by atoms with E-state index < -0.39 is 5.97 Å². The van der Waals surface area contributed by atoms with E-state index in [0.29, 0.717) is 23.6 Å². The molecule has 0 unspecified atom stereocenters. The summed E-state index contributed by atoms with van der Waals surface area (Å²) in [5.74, 6) is 0.283. The van der Waals surface area contributed by atoms with Crippen LogP contribution < -0.4 is 5.32 Å². The highest BCUT2D eigenvalue weighted by molar-refractivity contribution is 5.98. The van der Waals surface area contributed by atoms with Gasteiger partial charge in [-0.15, -0.1) is 0 Å². The number of aromatic carboxylic acids is 1. The zero-order valence-corrected chi connectivity index (χ0v) is 23.5. The minimum Gasteiger partial charge on any atom is -0.478 e. The largest absolute Gasteiger partial charge is 0.478 e. The molecule has 1 heterocycles. The smallest absolute Gasteiger partial charge is 0.336 e. The van der Waals surface area contributed by atoms with Crippen molar-refractivity contribution in [1.29, 1.82) is 0 Å². The minimum absolute atomic E-state index is 0.0798. The summed E-state index contributed by atoms with van der Waals surface area (Å²) in [5.41, 5.74) is 7.44. The molecule has 41 heavy (non-hydrogen) atoms. The quantitative estimate of drug-likeness (QED) is 0.215. The number of benzene rings is 4. The van der Waals surface area contributed by atoms with Crippen molar-refractivity contribution in [2.75, 3.05) is 0 Å². The van der Waals surface area contributed by atoms with Gasteiger partial charge in [0.25, 0.3) is 5.91 Å². The van der Waals surface area contributed by atoms with Crippen LogP contribution in [0.3, 0.4) is 0 Å². The summed E-state index contributed by atoms with van der Waals surface area (Å²) in [5, 5.41) is 12.9. The number of hydrogen-bond acceptors (Lipinski definition) is 3. The van der Waals surface area contributed by atoms with Crippen molar-refractivity contribution in [2.24, 2.45) is 0 Å². The molecule has 206 valence electrons. The third-order valence-corrected chi connectivity index (χ3v) is 8.17. The van der Waals surface area contributed by atoms with Crippen LogP contribution in [0.5, 0.6) is 0 Å². The number of nitrogens with zero attached hydrogens (tertiary/aromatic N) is 2. The average molecular weight is 544 g/mol. The van der Waals surface area contributed by atoms with E-state index >= 15 is 0 Å². The van der Waals surface area contributed by atoms with Gasteiger partial charge in [0, 0.05) is 12.1 Å². The summed E-state index contributed by atoms with van der Waals surface area (Å²) >= 11 is 0. The Morgan fingerprint density at radius 3 is 2.41 bits per heavy atom. The fraction of sp³-hybridized carbons (Fsp3) is 0.229. The maximum Gasteiger partial charge on any atom is 0.336 e. The first-order valence-electron chi connectivity index (χ1n) is 14.1. The highest BCUT2D eigenvalue weighted by Crippen LogP contribution is 2.46. The van der Waals surface area contributed by atoms with Crippen molar-refractivity contribution >= 4 is 22.9 Å². The molecule has 1 aliphatic carbocycles. The van der Waals surface area contributed by atoms with Crippen molar-refractivity contribution in [3.8, 4) is 11.1 Å². The van der Waals surface area contributed by atoms with E-state index in [1.165, 1.54) is 11.1 Å². The first-order chi connectivity index (χ1) is 19.7. The zero-order chi connectivity index (χ0) is 28.7. The van der Waals surface area contributed by atoms with Crippen LogP contribution in [-0.4, -0.2) is 26.5 Å². The lowest BCUT2D eigenvalue weighted by Crippen LogP contribution is -2.34. The zero-order valence-electron chi connectivity index (χ0n) is 23.5. The van der Waals surface area contributed by atoms with Gasteiger partial charge in [-0.3, -0.25) is 4.79 Å². The molecule has 1 aliphatic rings. The minimum atomic E-state index is -0.939. The molecule has 0 radical (unpaired) electrons. The van der Waals surface area contributed by atoms with Gasteiger partial charge in [-0.2, -0.15) is 0 Å². The Labute approximate surface area is 239 Å². The molecule has 0 saturated heterocycles. The monoisotopic (exact) mass is 543 g/mol. The second-order valence-corrected chi connectivity index (χ2v) is 11.3. The Morgan fingerprint density at radius 1 is 0.951 bits per heavy atom. The maximum atomic E-state index is 13.4. The number of carboxylic acid groups (broad SMARTS) is 1. The Kier molecular flexibility index (Phi) is 6.70. The summed E-state index contributed by atoms with van der Waals surface area (Å²) in [7, 11) is 0. The van der Waals surface area contributed by atoms with Crippen LogP contribution in [-0.2, 0) is 12.1 Å². The Hall–Kier alpha value is -4.71.